The molecule has 0 aliphatic carbocycles. The number of benzene rings is 2. The zero-order valence-corrected chi connectivity index (χ0v) is 15.3. The van der Waals surface area contributed by atoms with Crippen molar-refractivity contribution in [2.24, 2.45) is 5.73 Å². The molecule has 1 heterocycles. The number of methoxy groups -OCH3 is 1. The molecule has 0 saturated carbocycles. The fourth-order valence-electron chi connectivity index (χ4n) is 2.57. The third-order valence-corrected chi connectivity index (χ3v) is 4.02. The minimum Gasteiger partial charge on any atom is -0.468 e. The molecule has 2 aromatic carbocycles. The molecule has 150 valence electrons. The molecule has 3 rings (SSSR count). The van der Waals surface area contributed by atoms with Gasteiger partial charge in [0.2, 0.25) is 0 Å². The lowest BCUT2D eigenvalue weighted by Crippen LogP contribution is -2.33. The second-order valence-electron chi connectivity index (χ2n) is 6.12. The van der Waals surface area contributed by atoms with E-state index in [0.717, 1.165) is 17.7 Å². The number of imide groups is 1. The molecule has 2 amide bonds. The number of alkyl carbamates (subject to hydrolysis) is 1. The van der Waals surface area contributed by atoms with Crippen molar-refractivity contribution in [3.8, 4) is 11.5 Å². The van der Waals surface area contributed by atoms with E-state index in [1.807, 2.05) is 5.32 Å². The highest BCUT2D eigenvalue weighted by molar-refractivity contribution is 6.09. The van der Waals surface area contributed by atoms with Crippen LogP contribution in [0.2, 0.25) is 0 Å². The molecule has 0 spiro atoms. The summed E-state index contributed by atoms with van der Waals surface area (Å²) >= 11 is 0. The number of nitrogens with two attached hydrogens (primary N) is 1. The van der Waals surface area contributed by atoms with Crippen molar-refractivity contribution >= 4 is 24.0 Å². The quantitative estimate of drug-likeness (QED) is 0.564. The number of nitrogens with one attached hydrogen (secondary N) is 1. The molecular formula is C20H17FN2O6. The molecule has 2 aromatic rings. The van der Waals surface area contributed by atoms with E-state index in [-0.39, 0.29) is 17.1 Å². The Morgan fingerprint density at radius 2 is 1.90 bits per heavy atom. The normalized spacial score (nSPS) is 15.6. The second-order valence-corrected chi connectivity index (χ2v) is 6.12. The lowest BCUT2D eigenvalue weighted by Gasteiger charge is -2.10. The Hall–Kier alpha value is -3.72. The smallest absolute Gasteiger partial charge is 0.419 e. The molecule has 1 aliphatic heterocycles. The second kappa shape index (κ2) is 8.53. The van der Waals surface area contributed by atoms with E-state index in [1.54, 1.807) is 24.3 Å². The maximum atomic E-state index is 14.3. The van der Waals surface area contributed by atoms with Gasteiger partial charge in [-0.15, -0.1) is 0 Å². The van der Waals surface area contributed by atoms with Crippen molar-refractivity contribution in [1.29, 1.82) is 0 Å². The average molecular weight is 400 g/mol. The van der Waals surface area contributed by atoms with Crippen LogP contribution < -0.4 is 15.8 Å². The number of carbonyl (C=O) groups excluding carboxylic acids is 3. The van der Waals surface area contributed by atoms with Crippen LogP contribution in [0.1, 0.15) is 11.1 Å². The Kier molecular flexibility index (Phi) is 5.89. The predicted octanol–water partition coefficient (Wildman–Crippen LogP) is 2.27. The zero-order valence-electron chi connectivity index (χ0n) is 15.3. The Labute approximate surface area is 165 Å². The molecule has 1 saturated heterocycles. The van der Waals surface area contributed by atoms with Gasteiger partial charge in [-0.3, -0.25) is 14.9 Å². The summed E-state index contributed by atoms with van der Waals surface area (Å²) in [7, 11) is 1.27. The minimum absolute atomic E-state index is 0.0596. The molecule has 1 aliphatic rings. The number of hydrogen-bond donors (Lipinski definition) is 2. The van der Waals surface area contributed by atoms with E-state index in [0.29, 0.717) is 12.2 Å². The van der Waals surface area contributed by atoms with Crippen molar-refractivity contribution in [3.05, 3.63) is 65.2 Å². The van der Waals surface area contributed by atoms with Gasteiger partial charge in [0.1, 0.15) is 23.4 Å². The standard InChI is InChI=1S/C20H17FN2O6/c1-27-19(25)16(22)8-11-2-5-13(6-3-11)28-14-7-4-12(15(21)10-14)9-17-18(24)23-20(26)29-17/h2-7,9-10,16H,8,22H2,1H3,(H,23,24,26). The Balaban J connectivity index is 1.67. The highest BCUT2D eigenvalue weighted by Gasteiger charge is 2.26. The maximum Gasteiger partial charge on any atom is 0.419 e. The number of ether oxygens (including phenoxy) is 3. The molecular weight excluding hydrogens is 383 g/mol. The first-order chi connectivity index (χ1) is 13.9. The first-order valence-corrected chi connectivity index (χ1v) is 8.50. The Bertz CT molecular complexity index is 987. The molecule has 1 fully saturated rings. The molecule has 0 radical (unpaired) electrons. The van der Waals surface area contributed by atoms with Crippen LogP contribution in [-0.2, 0) is 25.5 Å². The molecule has 3 N–H and O–H groups in total. The van der Waals surface area contributed by atoms with Crippen molar-refractivity contribution in [2.45, 2.75) is 12.5 Å². The summed E-state index contributed by atoms with van der Waals surface area (Å²) < 4.78 is 29.1. The van der Waals surface area contributed by atoms with Crippen molar-refractivity contribution < 1.29 is 33.0 Å². The van der Waals surface area contributed by atoms with Crippen molar-refractivity contribution in [3.63, 3.8) is 0 Å². The average Bonchev–Trinajstić information content (AvgIpc) is 3.01. The van der Waals surface area contributed by atoms with E-state index in [9.17, 15) is 18.8 Å². The molecule has 29 heavy (non-hydrogen) atoms. The Morgan fingerprint density at radius 3 is 2.48 bits per heavy atom. The SMILES string of the molecule is COC(=O)C(N)Cc1ccc(Oc2ccc(C=C3OC(=O)NC3=O)c(F)c2)cc1. The van der Waals surface area contributed by atoms with Gasteiger partial charge in [-0.05, 0) is 42.3 Å². The number of amides is 2. The summed E-state index contributed by atoms with van der Waals surface area (Å²) in [6, 6.07) is 10.1. The van der Waals surface area contributed by atoms with Crippen molar-refractivity contribution in [1.82, 2.24) is 5.32 Å². The van der Waals surface area contributed by atoms with E-state index >= 15 is 0 Å². The van der Waals surface area contributed by atoms with Gasteiger partial charge in [0.25, 0.3) is 5.91 Å². The molecule has 8 nitrogen and oxygen atoms in total. The van der Waals surface area contributed by atoms with Crippen molar-refractivity contribution in [2.75, 3.05) is 7.11 Å². The van der Waals surface area contributed by atoms with Gasteiger partial charge in [0.15, 0.2) is 5.76 Å². The van der Waals surface area contributed by atoms with E-state index in [1.165, 1.54) is 19.2 Å². The summed E-state index contributed by atoms with van der Waals surface area (Å²) in [6.45, 7) is 0. The van der Waals surface area contributed by atoms with E-state index < -0.39 is 29.8 Å². The van der Waals surface area contributed by atoms with E-state index in [2.05, 4.69) is 9.47 Å². The summed E-state index contributed by atoms with van der Waals surface area (Å²) in [5.41, 5.74) is 6.59. The first-order valence-electron chi connectivity index (χ1n) is 8.50. The van der Waals surface area contributed by atoms with Crippen LogP contribution in [0.5, 0.6) is 11.5 Å². The number of esters is 1. The third-order valence-electron chi connectivity index (χ3n) is 4.02. The van der Waals surface area contributed by atoms with Crippen LogP contribution in [0.25, 0.3) is 6.08 Å². The minimum atomic E-state index is -0.905. The molecule has 9 heteroatoms. The van der Waals surface area contributed by atoms with Crippen LogP contribution in [0.4, 0.5) is 9.18 Å². The largest absolute Gasteiger partial charge is 0.468 e. The van der Waals surface area contributed by atoms with Crippen LogP contribution in [0.15, 0.2) is 48.2 Å². The van der Waals surface area contributed by atoms with Gasteiger partial charge in [-0.1, -0.05) is 12.1 Å². The zero-order chi connectivity index (χ0) is 21.0. The van der Waals surface area contributed by atoms with Crippen LogP contribution in [0, 0.1) is 5.82 Å². The lowest BCUT2D eigenvalue weighted by atomic mass is 10.1. The summed E-state index contributed by atoms with van der Waals surface area (Å²) in [4.78, 5) is 33.8. The maximum absolute atomic E-state index is 14.3. The Morgan fingerprint density at radius 1 is 1.21 bits per heavy atom. The summed E-state index contributed by atoms with van der Waals surface area (Å²) in [6.07, 6.45) is 0.527. The fraction of sp³-hybridized carbons (Fsp3) is 0.150. The summed E-state index contributed by atoms with van der Waals surface area (Å²) in [5, 5.41) is 1.93. The summed E-state index contributed by atoms with van der Waals surface area (Å²) in [5.74, 6) is -1.50. The first kappa shape index (κ1) is 20.0. The topological polar surface area (TPSA) is 117 Å². The number of rotatable bonds is 6. The van der Waals surface area contributed by atoms with Gasteiger partial charge in [-0.2, -0.15) is 0 Å². The fourth-order valence-corrected chi connectivity index (χ4v) is 2.57. The number of carbonyl (C=O) groups is 3. The van der Waals surface area contributed by atoms with Gasteiger partial charge >= 0.3 is 12.1 Å². The number of hydrogen-bond acceptors (Lipinski definition) is 7. The monoisotopic (exact) mass is 400 g/mol. The molecule has 1 unspecified atom stereocenters. The highest BCUT2D eigenvalue weighted by atomic mass is 19.1. The van der Waals surface area contributed by atoms with Crippen LogP contribution >= 0.6 is 0 Å². The number of halogens is 1. The third kappa shape index (κ3) is 4.96. The number of cyclic esters (lactones) is 1. The molecule has 1 atom stereocenters. The van der Waals surface area contributed by atoms with Gasteiger partial charge in [-0.25, -0.2) is 9.18 Å². The predicted molar refractivity (Wildman–Crippen MR) is 99.2 cm³/mol. The lowest BCUT2D eigenvalue weighted by molar-refractivity contribution is -0.142. The van der Waals surface area contributed by atoms with Crippen LogP contribution in [0.3, 0.4) is 0 Å². The van der Waals surface area contributed by atoms with Gasteiger partial charge in [0, 0.05) is 11.6 Å². The van der Waals surface area contributed by atoms with Crippen LogP contribution in [-0.4, -0.2) is 31.1 Å². The van der Waals surface area contributed by atoms with Gasteiger partial charge < -0.3 is 19.9 Å². The van der Waals surface area contributed by atoms with Gasteiger partial charge in [0.05, 0.1) is 7.11 Å². The molecule has 0 aromatic heterocycles. The molecule has 0 bridgehead atoms. The van der Waals surface area contributed by atoms with E-state index in [4.69, 9.17) is 10.5 Å². The highest BCUT2D eigenvalue weighted by Crippen LogP contribution is 2.25.